The van der Waals surface area contributed by atoms with Gasteiger partial charge in [-0.25, -0.2) is 0 Å². The summed E-state index contributed by atoms with van der Waals surface area (Å²) in [5.74, 6) is 0.975. The molecule has 1 aromatic carbocycles. The van der Waals surface area contributed by atoms with Gasteiger partial charge in [-0.05, 0) is 18.6 Å². The molecule has 0 amide bonds. The van der Waals surface area contributed by atoms with Crippen molar-refractivity contribution in [1.29, 1.82) is 0 Å². The predicted octanol–water partition coefficient (Wildman–Crippen LogP) is 1.57. The lowest BCUT2D eigenvalue weighted by Gasteiger charge is -2.35. The molecule has 3 rings (SSSR count). The Morgan fingerprint density at radius 3 is 2.41 bits per heavy atom. The van der Waals surface area contributed by atoms with E-state index in [-0.39, 0.29) is 6.61 Å². The van der Waals surface area contributed by atoms with Crippen LogP contribution in [-0.4, -0.2) is 59.5 Å². The summed E-state index contributed by atoms with van der Waals surface area (Å²) in [6.45, 7) is 6.86. The highest BCUT2D eigenvalue weighted by Crippen LogP contribution is 2.23. The van der Waals surface area contributed by atoms with Crippen molar-refractivity contribution in [3.05, 3.63) is 42.0 Å². The van der Waals surface area contributed by atoms with Crippen LogP contribution in [0.15, 0.2) is 36.4 Å². The van der Waals surface area contributed by atoms with E-state index in [9.17, 15) is 0 Å². The Bertz CT molecular complexity index is 609. The number of aliphatic hydroxyl groups is 1. The Morgan fingerprint density at radius 2 is 1.77 bits per heavy atom. The molecule has 0 bridgehead atoms. The summed E-state index contributed by atoms with van der Waals surface area (Å²) < 4.78 is 0. The second-order valence-electron chi connectivity index (χ2n) is 5.65. The molecular weight excluding hydrogens is 276 g/mol. The molecule has 0 saturated carbocycles. The number of piperazine rings is 1. The molecule has 22 heavy (non-hydrogen) atoms. The molecule has 116 valence electrons. The normalized spacial score (nSPS) is 16.0. The van der Waals surface area contributed by atoms with Gasteiger partial charge in [0.2, 0.25) is 0 Å². The van der Waals surface area contributed by atoms with Crippen LogP contribution in [0.3, 0.4) is 0 Å². The maximum absolute atomic E-state index is 9.01. The van der Waals surface area contributed by atoms with Gasteiger partial charge < -0.3 is 10.0 Å². The lowest BCUT2D eigenvalue weighted by molar-refractivity contribution is 0.188. The predicted molar refractivity (Wildman–Crippen MR) is 87.9 cm³/mol. The summed E-state index contributed by atoms with van der Waals surface area (Å²) in [4.78, 5) is 4.56. The first-order chi connectivity index (χ1) is 10.8. The topological polar surface area (TPSA) is 52.5 Å². The molecule has 5 nitrogen and oxygen atoms in total. The molecule has 0 radical (unpaired) electrons. The Balaban J connectivity index is 1.73. The summed E-state index contributed by atoms with van der Waals surface area (Å²) in [6.07, 6.45) is 0. The van der Waals surface area contributed by atoms with Crippen molar-refractivity contribution in [3.63, 3.8) is 0 Å². The fourth-order valence-corrected chi connectivity index (χ4v) is 2.87. The molecule has 2 heterocycles. The SMILES string of the molecule is Cc1cc(-c2ccccc2)nnc1N1CCN(CCO)CC1. The van der Waals surface area contributed by atoms with Gasteiger partial charge in [-0.1, -0.05) is 30.3 Å². The van der Waals surface area contributed by atoms with Crippen molar-refractivity contribution in [3.8, 4) is 11.3 Å². The zero-order valence-corrected chi connectivity index (χ0v) is 12.9. The number of aromatic nitrogens is 2. The summed E-state index contributed by atoms with van der Waals surface area (Å²) in [5, 5.41) is 17.9. The van der Waals surface area contributed by atoms with Crippen LogP contribution in [-0.2, 0) is 0 Å². The van der Waals surface area contributed by atoms with E-state index in [1.54, 1.807) is 0 Å². The van der Waals surface area contributed by atoms with Crippen molar-refractivity contribution < 1.29 is 5.11 Å². The molecule has 0 atom stereocenters. The van der Waals surface area contributed by atoms with Gasteiger partial charge in [-0.2, -0.15) is 0 Å². The molecule has 1 saturated heterocycles. The van der Waals surface area contributed by atoms with Crippen LogP contribution in [0.4, 0.5) is 5.82 Å². The van der Waals surface area contributed by atoms with Gasteiger partial charge in [0.1, 0.15) is 0 Å². The van der Waals surface area contributed by atoms with Gasteiger partial charge in [-0.3, -0.25) is 4.90 Å². The molecule has 0 unspecified atom stereocenters. The molecule has 1 N–H and O–H groups in total. The van der Waals surface area contributed by atoms with Gasteiger partial charge in [0.15, 0.2) is 5.82 Å². The first-order valence-electron chi connectivity index (χ1n) is 7.76. The third-order valence-electron chi connectivity index (χ3n) is 4.12. The van der Waals surface area contributed by atoms with E-state index in [1.165, 1.54) is 0 Å². The van der Waals surface area contributed by atoms with Crippen LogP contribution in [0.25, 0.3) is 11.3 Å². The third-order valence-corrected chi connectivity index (χ3v) is 4.12. The van der Waals surface area contributed by atoms with Crippen LogP contribution in [0.2, 0.25) is 0 Å². The van der Waals surface area contributed by atoms with E-state index in [0.717, 1.165) is 55.4 Å². The Labute approximate surface area is 131 Å². The second kappa shape index (κ2) is 6.85. The van der Waals surface area contributed by atoms with Gasteiger partial charge >= 0.3 is 0 Å². The molecule has 0 aliphatic carbocycles. The minimum absolute atomic E-state index is 0.227. The van der Waals surface area contributed by atoms with E-state index < -0.39 is 0 Å². The van der Waals surface area contributed by atoms with E-state index in [0.29, 0.717) is 0 Å². The number of aliphatic hydroxyl groups excluding tert-OH is 1. The molecule has 1 aromatic heterocycles. The Hall–Kier alpha value is -1.98. The standard InChI is InChI=1S/C17H22N4O/c1-14-13-16(15-5-3-2-4-6-15)18-19-17(14)21-9-7-20(8-10-21)11-12-22/h2-6,13,22H,7-12H2,1H3. The maximum atomic E-state index is 9.01. The van der Waals surface area contributed by atoms with E-state index >= 15 is 0 Å². The zero-order valence-electron chi connectivity index (χ0n) is 12.9. The maximum Gasteiger partial charge on any atom is 0.154 e. The molecule has 2 aromatic rings. The first-order valence-corrected chi connectivity index (χ1v) is 7.76. The van der Waals surface area contributed by atoms with Crippen molar-refractivity contribution in [2.24, 2.45) is 0 Å². The number of nitrogens with zero attached hydrogens (tertiary/aromatic N) is 4. The number of benzene rings is 1. The third kappa shape index (κ3) is 3.26. The van der Waals surface area contributed by atoms with Gasteiger partial charge in [0, 0.05) is 38.3 Å². The summed E-state index contributed by atoms with van der Waals surface area (Å²) in [6, 6.07) is 12.2. The lowest BCUT2D eigenvalue weighted by atomic mass is 10.1. The van der Waals surface area contributed by atoms with Gasteiger partial charge in [-0.15, -0.1) is 10.2 Å². The van der Waals surface area contributed by atoms with Crippen LogP contribution in [0.5, 0.6) is 0 Å². The quantitative estimate of drug-likeness (QED) is 0.928. The summed E-state index contributed by atoms with van der Waals surface area (Å²) >= 11 is 0. The lowest BCUT2D eigenvalue weighted by Crippen LogP contribution is -2.47. The van der Waals surface area contributed by atoms with E-state index in [2.05, 4.69) is 45.1 Å². The van der Waals surface area contributed by atoms with Crippen LogP contribution in [0.1, 0.15) is 5.56 Å². The summed E-state index contributed by atoms with van der Waals surface area (Å²) in [5.41, 5.74) is 3.17. The van der Waals surface area contributed by atoms with Gasteiger partial charge in [0.05, 0.1) is 12.3 Å². The number of anilines is 1. The highest BCUT2D eigenvalue weighted by molar-refractivity contribution is 5.61. The first kappa shape index (κ1) is 14.9. The second-order valence-corrected chi connectivity index (χ2v) is 5.65. The Kier molecular flexibility index (Phi) is 4.65. The van der Waals surface area contributed by atoms with Crippen molar-refractivity contribution in [2.75, 3.05) is 44.2 Å². The van der Waals surface area contributed by atoms with Crippen LogP contribution in [0, 0.1) is 6.92 Å². The fraction of sp³-hybridized carbons (Fsp3) is 0.412. The number of hydrogen-bond acceptors (Lipinski definition) is 5. The highest BCUT2D eigenvalue weighted by atomic mass is 16.3. The number of β-amino-alcohol motifs (C(OH)–C–C–N with tert-alkyl or cyclic N) is 1. The number of rotatable bonds is 4. The van der Waals surface area contributed by atoms with Crippen LogP contribution >= 0.6 is 0 Å². The van der Waals surface area contributed by atoms with Crippen molar-refractivity contribution in [2.45, 2.75) is 6.92 Å². The molecule has 5 heteroatoms. The van der Waals surface area contributed by atoms with Crippen molar-refractivity contribution >= 4 is 5.82 Å². The molecule has 1 aliphatic heterocycles. The molecule has 0 spiro atoms. The molecular formula is C17H22N4O. The van der Waals surface area contributed by atoms with E-state index in [1.807, 2.05) is 18.2 Å². The highest BCUT2D eigenvalue weighted by Gasteiger charge is 2.19. The van der Waals surface area contributed by atoms with Crippen molar-refractivity contribution in [1.82, 2.24) is 15.1 Å². The average molecular weight is 298 g/mol. The van der Waals surface area contributed by atoms with E-state index in [4.69, 9.17) is 5.11 Å². The summed E-state index contributed by atoms with van der Waals surface area (Å²) in [7, 11) is 0. The fourth-order valence-electron chi connectivity index (χ4n) is 2.87. The van der Waals surface area contributed by atoms with Crippen LogP contribution < -0.4 is 4.90 Å². The molecule has 1 aliphatic rings. The Morgan fingerprint density at radius 1 is 1.05 bits per heavy atom. The smallest absolute Gasteiger partial charge is 0.154 e. The number of hydrogen-bond donors (Lipinski definition) is 1. The average Bonchev–Trinajstić information content (AvgIpc) is 2.57. The van der Waals surface area contributed by atoms with Gasteiger partial charge in [0.25, 0.3) is 0 Å². The monoisotopic (exact) mass is 298 g/mol. The zero-order chi connectivity index (χ0) is 15.4. The molecule has 1 fully saturated rings. The minimum Gasteiger partial charge on any atom is -0.395 e. The minimum atomic E-state index is 0.227. The largest absolute Gasteiger partial charge is 0.395 e. The number of aryl methyl sites for hydroxylation is 1.